The summed E-state index contributed by atoms with van der Waals surface area (Å²) in [4.78, 5) is 0. The SMILES string of the molecule is C=S(NCN)C(C)(C)C. The molecule has 3 N–H and O–H groups in total. The standard InChI is InChI=1S/C6H16N2S/c1-6(2,3)9(4)8-5-7/h8H,4-5,7H2,1-3H3. The van der Waals surface area contributed by atoms with Crippen molar-refractivity contribution in [3.8, 4) is 0 Å². The number of nitrogens with two attached hydrogens (primary N) is 1. The zero-order valence-electron chi connectivity index (χ0n) is 6.40. The van der Waals surface area contributed by atoms with E-state index in [0.29, 0.717) is 6.67 Å². The second-order valence-electron chi connectivity index (χ2n) is 2.85. The van der Waals surface area contributed by atoms with Gasteiger partial charge in [0, 0.05) is 4.75 Å². The van der Waals surface area contributed by atoms with Gasteiger partial charge in [0.1, 0.15) is 0 Å². The van der Waals surface area contributed by atoms with Crippen LogP contribution in [0.3, 0.4) is 0 Å². The van der Waals surface area contributed by atoms with Crippen molar-refractivity contribution in [1.29, 1.82) is 0 Å². The van der Waals surface area contributed by atoms with Gasteiger partial charge in [-0.2, -0.15) is 0 Å². The molecule has 0 aliphatic rings. The maximum atomic E-state index is 5.28. The molecule has 0 saturated carbocycles. The van der Waals surface area contributed by atoms with Crippen LogP contribution in [0.5, 0.6) is 0 Å². The van der Waals surface area contributed by atoms with Gasteiger partial charge in [-0.3, -0.25) is 4.72 Å². The average Bonchev–Trinajstić information content (AvgIpc) is 1.64. The highest BCUT2D eigenvalue weighted by Gasteiger charge is 2.11. The molecule has 0 aliphatic carbocycles. The number of rotatable bonds is 2. The van der Waals surface area contributed by atoms with E-state index in [4.69, 9.17) is 5.73 Å². The summed E-state index contributed by atoms with van der Waals surface area (Å²) in [5, 5.41) is 0. The summed E-state index contributed by atoms with van der Waals surface area (Å²) in [5.74, 6) is 3.94. The van der Waals surface area contributed by atoms with Gasteiger partial charge in [-0.25, -0.2) is 0 Å². The van der Waals surface area contributed by atoms with Gasteiger partial charge in [0.25, 0.3) is 0 Å². The minimum absolute atomic E-state index is 0.0123. The highest BCUT2D eigenvalue weighted by Crippen LogP contribution is 2.24. The Labute approximate surface area is 59.9 Å². The largest absolute Gasteiger partial charge is 0.318 e. The summed E-state index contributed by atoms with van der Waals surface area (Å²) in [5.41, 5.74) is 5.28. The fraction of sp³-hybridized carbons (Fsp3) is 0.833. The molecule has 2 nitrogen and oxygen atoms in total. The van der Waals surface area contributed by atoms with Crippen molar-refractivity contribution in [2.24, 2.45) is 5.73 Å². The molecule has 0 saturated heterocycles. The quantitative estimate of drug-likeness (QED) is 0.451. The van der Waals surface area contributed by atoms with Crippen molar-refractivity contribution in [2.75, 3.05) is 6.67 Å². The highest BCUT2D eigenvalue weighted by molar-refractivity contribution is 8.13. The Kier molecular flexibility index (Phi) is 3.40. The van der Waals surface area contributed by atoms with Crippen LogP contribution in [0.2, 0.25) is 0 Å². The van der Waals surface area contributed by atoms with E-state index in [-0.39, 0.29) is 15.4 Å². The molecule has 0 radical (unpaired) electrons. The molecular formula is C6H16N2S. The van der Waals surface area contributed by atoms with Gasteiger partial charge in [-0.15, -0.1) is 10.7 Å². The summed E-state index contributed by atoms with van der Waals surface area (Å²) in [7, 11) is -0.0123. The van der Waals surface area contributed by atoms with E-state index < -0.39 is 0 Å². The first kappa shape index (κ1) is 9.14. The lowest BCUT2D eigenvalue weighted by Crippen LogP contribution is -2.25. The van der Waals surface area contributed by atoms with Gasteiger partial charge in [-0.05, 0) is 0 Å². The van der Waals surface area contributed by atoms with Gasteiger partial charge in [0.2, 0.25) is 0 Å². The average molecular weight is 148 g/mol. The van der Waals surface area contributed by atoms with E-state index in [0.717, 1.165) is 0 Å². The molecule has 0 amide bonds. The van der Waals surface area contributed by atoms with Crippen LogP contribution in [0.4, 0.5) is 0 Å². The molecule has 0 aromatic rings. The van der Waals surface area contributed by atoms with Gasteiger partial charge < -0.3 is 5.73 Å². The lowest BCUT2D eigenvalue weighted by molar-refractivity contribution is 0.787. The van der Waals surface area contributed by atoms with Gasteiger partial charge in [0.15, 0.2) is 0 Å². The van der Waals surface area contributed by atoms with Gasteiger partial charge in [-0.1, -0.05) is 26.6 Å². The molecule has 1 atom stereocenters. The Morgan fingerprint density at radius 2 is 2.00 bits per heavy atom. The summed E-state index contributed by atoms with van der Waals surface area (Å²) in [6.45, 7) is 6.95. The fourth-order valence-corrected chi connectivity index (χ4v) is 0.951. The summed E-state index contributed by atoms with van der Waals surface area (Å²) >= 11 is 0. The summed E-state index contributed by atoms with van der Waals surface area (Å²) < 4.78 is 3.32. The Hall–Kier alpha value is 0.140. The monoisotopic (exact) mass is 148 g/mol. The number of nitrogens with one attached hydrogen (secondary N) is 1. The van der Waals surface area contributed by atoms with Crippen molar-refractivity contribution in [3.05, 3.63) is 0 Å². The van der Waals surface area contributed by atoms with E-state index in [9.17, 15) is 0 Å². The van der Waals surface area contributed by atoms with Crippen molar-refractivity contribution >= 4 is 16.5 Å². The van der Waals surface area contributed by atoms with Crippen LogP contribution >= 0.6 is 10.7 Å². The molecular weight excluding hydrogens is 132 g/mol. The minimum Gasteiger partial charge on any atom is -0.318 e. The predicted octanol–water partition coefficient (Wildman–Crippen LogP) is 0.907. The van der Waals surface area contributed by atoms with E-state index in [1.807, 2.05) is 0 Å². The molecule has 0 aromatic heterocycles. The topological polar surface area (TPSA) is 38.0 Å². The Morgan fingerprint density at radius 1 is 1.56 bits per heavy atom. The van der Waals surface area contributed by atoms with Crippen molar-refractivity contribution in [3.63, 3.8) is 0 Å². The van der Waals surface area contributed by atoms with Gasteiger partial charge >= 0.3 is 0 Å². The molecule has 0 rings (SSSR count). The van der Waals surface area contributed by atoms with Crippen LogP contribution < -0.4 is 10.5 Å². The highest BCUT2D eigenvalue weighted by atomic mass is 32.2. The van der Waals surface area contributed by atoms with E-state index in [1.165, 1.54) is 0 Å². The number of hydrogen-bond acceptors (Lipinski definition) is 2. The minimum atomic E-state index is -0.0123. The first-order chi connectivity index (χ1) is 3.98. The normalized spacial score (nSPS) is 15.6. The molecule has 0 spiro atoms. The molecule has 3 heteroatoms. The first-order valence-corrected chi connectivity index (χ1v) is 4.35. The van der Waals surface area contributed by atoms with Crippen LogP contribution in [0.15, 0.2) is 0 Å². The molecule has 0 bridgehead atoms. The Morgan fingerprint density at radius 3 is 2.11 bits per heavy atom. The molecule has 9 heavy (non-hydrogen) atoms. The molecule has 1 unspecified atom stereocenters. The van der Waals surface area contributed by atoms with Crippen molar-refractivity contribution in [1.82, 2.24) is 4.72 Å². The van der Waals surface area contributed by atoms with Crippen LogP contribution in [0.1, 0.15) is 20.8 Å². The van der Waals surface area contributed by atoms with Crippen molar-refractivity contribution in [2.45, 2.75) is 25.5 Å². The van der Waals surface area contributed by atoms with Crippen LogP contribution in [-0.2, 0) is 0 Å². The molecule has 0 fully saturated rings. The maximum absolute atomic E-state index is 5.28. The smallest absolute Gasteiger partial charge is 0.0522 e. The summed E-state index contributed by atoms with van der Waals surface area (Å²) in [6.07, 6.45) is 0. The van der Waals surface area contributed by atoms with Crippen molar-refractivity contribution < 1.29 is 0 Å². The zero-order valence-corrected chi connectivity index (χ0v) is 7.22. The second-order valence-corrected chi connectivity index (χ2v) is 5.15. The molecule has 0 heterocycles. The first-order valence-electron chi connectivity index (χ1n) is 2.96. The Bertz CT molecular complexity index is 104. The van der Waals surface area contributed by atoms with E-state index >= 15 is 0 Å². The number of hydrogen-bond donors (Lipinski definition) is 2. The maximum Gasteiger partial charge on any atom is 0.0522 e. The van der Waals surface area contributed by atoms with E-state index in [2.05, 4.69) is 31.4 Å². The third-order valence-electron chi connectivity index (χ3n) is 0.997. The predicted molar refractivity (Wildman–Crippen MR) is 46.7 cm³/mol. The molecule has 0 aromatic carbocycles. The lowest BCUT2D eigenvalue weighted by atomic mass is 10.3. The van der Waals surface area contributed by atoms with Gasteiger partial charge in [0.05, 0.1) is 6.67 Å². The molecule has 56 valence electrons. The van der Waals surface area contributed by atoms with Crippen LogP contribution in [0, 0.1) is 0 Å². The Balaban J connectivity index is 3.74. The van der Waals surface area contributed by atoms with Crippen LogP contribution in [-0.4, -0.2) is 17.3 Å². The van der Waals surface area contributed by atoms with E-state index in [1.54, 1.807) is 0 Å². The lowest BCUT2D eigenvalue weighted by Gasteiger charge is -2.22. The third kappa shape index (κ3) is 3.67. The summed E-state index contributed by atoms with van der Waals surface area (Å²) in [6, 6.07) is 0. The third-order valence-corrected chi connectivity index (χ3v) is 2.99. The fourth-order valence-electron chi connectivity index (χ4n) is 0.317. The zero-order chi connectivity index (χ0) is 7.49. The van der Waals surface area contributed by atoms with Crippen LogP contribution in [0.25, 0.3) is 0 Å². The molecule has 0 aliphatic heterocycles. The second kappa shape index (κ2) is 3.34.